The van der Waals surface area contributed by atoms with Crippen molar-refractivity contribution in [2.75, 3.05) is 26.2 Å². The number of hydrogen-bond donors (Lipinski definition) is 1. The van der Waals surface area contributed by atoms with Gasteiger partial charge in [0.25, 0.3) is 0 Å². The molecule has 1 rings (SSSR count). The van der Waals surface area contributed by atoms with Gasteiger partial charge in [-0.3, -0.25) is 4.90 Å². The molecule has 0 unspecified atom stereocenters. The van der Waals surface area contributed by atoms with Crippen molar-refractivity contribution in [2.45, 2.75) is 0 Å². The van der Waals surface area contributed by atoms with Gasteiger partial charge in [0.1, 0.15) is 17.9 Å². The van der Waals surface area contributed by atoms with E-state index in [2.05, 4.69) is 0 Å². The number of hydrogen-bond acceptors (Lipinski definition) is 5. The first-order valence-corrected chi connectivity index (χ1v) is 5.60. The topological polar surface area (TPSA) is 97.4 Å². The predicted octanol–water partition coefficient (Wildman–Crippen LogP) is 1.11. The molecule has 0 amide bonds. The van der Waals surface area contributed by atoms with Crippen molar-refractivity contribution >= 4 is 5.97 Å². The smallest absolute Gasteiger partial charge is 0.339 e. The van der Waals surface area contributed by atoms with Crippen molar-refractivity contribution in [3.05, 3.63) is 29.8 Å². The van der Waals surface area contributed by atoms with Crippen LogP contribution in [0.25, 0.3) is 0 Å². The van der Waals surface area contributed by atoms with Gasteiger partial charge in [0.15, 0.2) is 0 Å². The molecule has 19 heavy (non-hydrogen) atoms. The first kappa shape index (κ1) is 14.5. The Morgan fingerprint density at radius 1 is 1.26 bits per heavy atom. The van der Waals surface area contributed by atoms with E-state index < -0.39 is 5.97 Å². The van der Waals surface area contributed by atoms with E-state index in [4.69, 9.17) is 20.4 Å². The maximum atomic E-state index is 10.9. The Morgan fingerprint density at radius 3 is 2.47 bits per heavy atom. The van der Waals surface area contributed by atoms with E-state index in [-0.39, 0.29) is 31.0 Å². The average molecular weight is 259 g/mol. The molecular weight excluding hydrogens is 246 g/mol. The largest absolute Gasteiger partial charge is 0.491 e. The van der Waals surface area contributed by atoms with Gasteiger partial charge in [0.05, 0.1) is 25.2 Å². The molecular formula is C13H13N3O3. The standard InChI is InChI=1S/C13H13N3O3/c14-5-7-16(8-6-15)9-10-19-12-4-2-1-3-11(12)13(17)18/h1-4H,7-10H2,(H,17,18). The highest BCUT2D eigenvalue weighted by Crippen LogP contribution is 2.17. The summed E-state index contributed by atoms with van der Waals surface area (Å²) in [5.74, 6) is -0.773. The predicted molar refractivity (Wildman–Crippen MR) is 66.6 cm³/mol. The minimum atomic E-state index is -1.05. The SMILES string of the molecule is N#CCN(CC#N)CCOc1ccccc1C(=O)O. The Bertz CT molecular complexity index is 501. The minimum absolute atomic E-state index is 0.0922. The van der Waals surface area contributed by atoms with Crippen molar-refractivity contribution in [1.29, 1.82) is 10.5 Å². The van der Waals surface area contributed by atoms with E-state index in [0.717, 1.165) is 0 Å². The molecule has 0 aliphatic carbocycles. The first-order valence-electron chi connectivity index (χ1n) is 5.60. The van der Waals surface area contributed by atoms with Gasteiger partial charge >= 0.3 is 5.97 Å². The molecule has 0 heterocycles. The van der Waals surface area contributed by atoms with Gasteiger partial charge in [-0.15, -0.1) is 0 Å². The number of nitrogens with zero attached hydrogens (tertiary/aromatic N) is 3. The molecule has 0 saturated heterocycles. The molecule has 1 aromatic rings. The lowest BCUT2D eigenvalue weighted by atomic mass is 10.2. The highest BCUT2D eigenvalue weighted by molar-refractivity contribution is 5.90. The molecule has 98 valence electrons. The Hall–Kier alpha value is -2.57. The minimum Gasteiger partial charge on any atom is -0.491 e. The molecule has 0 aliphatic heterocycles. The zero-order chi connectivity index (χ0) is 14.1. The molecule has 0 spiro atoms. The van der Waals surface area contributed by atoms with E-state index in [1.165, 1.54) is 6.07 Å². The third-order valence-corrected chi connectivity index (χ3v) is 2.37. The molecule has 6 heteroatoms. The van der Waals surface area contributed by atoms with Crippen LogP contribution in [0.2, 0.25) is 0 Å². The number of carboxylic acid groups (broad SMARTS) is 1. The van der Waals surface area contributed by atoms with Crippen LogP contribution in [0.15, 0.2) is 24.3 Å². The fourth-order valence-electron chi connectivity index (χ4n) is 1.47. The van der Waals surface area contributed by atoms with E-state index >= 15 is 0 Å². The maximum absolute atomic E-state index is 10.9. The maximum Gasteiger partial charge on any atom is 0.339 e. The third kappa shape index (κ3) is 4.66. The first-order chi connectivity index (χ1) is 9.19. The molecule has 0 radical (unpaired) electrons. The summed E-state index contributed by atoms with van der Waals surface area (Å²) in [7, 11) is 0. The van der Waals surface area contributed by atoms with Gasteiger partial charge in [-0.25, -0.2) is 4.79 Å². The number of ether oxygens (including phenoxy) is 1. The molecule has 0 aromatic heterocycles. The van der Waals surface area contributed by atoms with Crippen LogP contribution in [0.4, 0.5) is 0 Å². The molecule has 0 atom stereocenters. The Morgan fingerprint density at radius 2 is 1.89 bits per heavy atom. The van der Waals surface area contributed by atoms with Gasteiger partial charge in [0.2, 0.25) is 0 Å². The Kier molecular flexibility index (Phi) is 5.87. The molecule has 1 N–H and O–H groups in total. The van der Waals surface area contributed by atoms with Crippen molar-refractivity contribution in [3.63, 3.8) is 0 Å². The lowest BCUT2D eigenvalue weighted by Crippen LogP contribution is -2.29. The fourth-order valence-corrected chi connectivity index (χ4v) is 1.47. The fraction of sp³-hybridized carbons (Fsp3) is 0.308. The zero-order valence-electron chi connectivity index (χ0n) is 10.2. The number of aromatic carboxylic acids is 1. The normalized spacial score (nSPS) is 9.63. The second-order valence-electron chi connectivity index (χ2n) is 3.68. The third-order valence-electron chi connectivity index (χ3n) is 2.37. The van der Waals surface area contributed by atoms with E-state index in [9.17, 15) is 4.79 Å². The molecule has 1 aromatic carbocycles. The van der Waals surface area contributed by atoms with Gasteiger partial charge in [0, 0.05) is 6.54 Å². The second kappa shape index (κ2) is 7.70. The van der Waals surface area contributed by atoms with Gasteiger partial charge in [-0.05, 0) is 12.1 Å². The molecule has 6 nitrogen and oxygen atoms in total. The van der Waals surface area contributed by atoms with Crippen LogP contribution in [0.1, 0.15) is 10.4 Å². The number of benzene rings is 1. The number of nitriles is 2. The summed E-state index contributed by atoms with van der Waals surface area (Å²) in [6, 6.07) is 10.2. The summed E-state index contributed by atoms with van der Waals surface area (Å²) in [5, 5.41) is 26.1. The van der Waals surface area contributed by atoms with Gasteiger partial charge in [-0.2, -0.15) is 10.5 Å². The molecule has 0 aliphatic rings. The average Bonchev–Trinajstić information content (AvgIpc) is 2.39. The molecule has 0 bridgehead atoms. The van der Waals surface area contributed by atoms with Crippen LogP contribution in [0, 0.1) is 22.7 Å². The number of carboxylic acids is 1. The highest BCUT2D eigenvalue weighted by atomic mass is 16.5. The molecule has 0 fully saturated rings. The van der Waals surface area contributed by atoms with Crippen molar-refractivity contribution in [2.24, 2.45) is 0 Å². The quantitative estimate of drug-likeness (QED) is 0.737. The van der Waals surface area contributed by atoms with Crippen LogP contribution < -0.4 is 4.74 Å². The van der Waals surface area contributed by atoms with Gasteiger partial charge < -0.3 is 9.84 Å². The van der Waals surface area contributed by atoms with E-state index in [1.54, 1.807) is 23.1 Å². The Labute approximate surface area is 111 Å². The van der Waals surface area contributed by atoms with Crippen molar-refractivity contribution < 1.29 is 14.6 Å². The lowest BCUT2D eigenvalue weighted by Gasteiger charge is -2.16. The van der Waals surface area contributed by atoms with Gasteiger partial charge in [-0.1, -0.05) is 12.1 Å². The number of carbonyl (C=O) groups is 1. The highest BCUT2D eigenvalue weighted by Gasteiger charge is 2.10. The lowest BCUT2D eigenvalue weighted by molar-refractivity contribution is 0.0692. The van der Waals surface area contributed by atoms with E-state index in [1.807, 2.05) is 12.1 Å². The summed E-state index contributed by atoms with van der Waals surface area (Å²) in [5.41, 5.74) is 0.0922. The van der Waals surface area contributed by atoms with Crippen molar-refractivity contribution in [3.8, 4) is 17.9 Å². The summed E-state index contributed by atoms with van der Waals surface area (Å²) in [6.45, 7) is 0.873. The van der Waals surface area contributed by atoms with Crippen LogP contribution in [0.5, 0.6) is 5.75 Å². The number of para-hydroxylation sites is 1. The van der Waals surface area contributed by atoms with Crippen LogP contribution in [0.3, 0.4) is 0 Å². The number of rotatable bonds is 7. The monoisotopic (exact) mass is 259 g/mol. The summed E-state index contributed by atoms with van der Waals surface area (Å²) in [6.07, 6.45) is 0. The summed E-state index contributed by atoms with van der Waals surface area (Å²) >= 11 is 0. The van der Waals surface area contributed by atoms with Crippen LogP contribution in [-0.2, 0) is 0 Å². The van der Waals surface area contributed by atoms with Crippen LogP contribution >= 0.6 is 0 Å². The summed E-state index contributed by atoms with van der Waals surface area (Å²) < 4.78 is 5.38. The van der Waals surface area contributed by atoms with Crippen LogP contribution in [-0.4, -0.2) is 42.2 Å². The van der Waals surface area contributed by atoms with Crippen molar-refractivity contribution in [1.82, 2.24) is 4.90 Å². The Balaban J connectivity index is 2.56. The van der Waals surface area contributed by atoms with E-state index in [0.29, 0.717) is 6.54 Å². The summed E-state index contributed by atoms with van der Waals surface area (Å²) in [4.78, 5) is 12.6. The molecule has 0 saturated carbocycles. The second-order valence-corrected chi connectivity index (χ2v) is 3.68. The zero-order valence-corrected chi connectivity index (χ0v) is 10.2.